The summed E-state index contributed by atoms with van der Waals surface area (Å²) in [6.07, 6.45) is 0. The number of rotatable bonds is 2. The first-order valence-corrected chi connectivity index (χ1v) is 8.43. The second-order valence-electron chi connectivity index (χ2n) is 4.69. The Labute approximate surface area is 144 Å². The van der Waals surface area contributed by atoms with Crippen molar-refractivity contribution in [1.29, 1.82) is 0 Å². The Morgan fingerprint density at radius 3 is 2.33 bits per heavy atom. The molecule has 0 heterocycles. The summed E-state index contributed by atoms with van der Waals surface area (Å²) < 4.78 is 14.8. The summed E-state index contributed by atoms with van der Waals surface area (Å²) in [5.74, 6) is -0.214. The fourth-order valence-corrected chi connectivity index (χ4v) is 3.92. The van der Waals surface area contributed by atoms with E-state index in [1.54, 1.807) is 12.1 Å². The lowest BCUT2D eigenvalue weighted by atomic mass is 9.98. The highest BCUT2D eigenvalue weighted by Gasteiger charge is 2.18. The SMILES string of the molecule is Fc1ccc(C(Br)c2cccc(Br)c2Cl)c2ccccc12. The predicted octanol–water partition coefficient (Wildman–Crippen LogP) is 6.88. The van der Waals surface area contributed by atoms with Gasteiger partial charge in [-0.15, -0.1) is 0 Å². The highest BCUT2D eigenvalue weighted by atomic mass is 79.9. The summed E-state index contributed by atoms with van der Waals surface area (Å²) in [7, 11) is 0. The van der Waals surface area contributed by atoms with Gasteiger partial charge < -0.3 is 0 Å². The molecule has 0 radical (unpaired) electrons. The van der Waals surface area contributed by atoms with E-state index in [0.717, 1.165) is 21.0 Å². The van der Waals surface area contributed by atoms with Crippen molar-refractivity contribution in [3.63, 3.8) is 0 Å². The van der Waals surface area contributed by atoms with Crippen LogP contribution in [0.3, 0.4) is 0 Å². The molecule has 0 aromatic heterocycles. The maximum atomic E-state index is 13.9. The molecule has 0 spiro atoms. The minimum atomic E-state index is -0.214. The molecule has 3 aromatic carbocycles. The third kappa shape index (κ3) is 2.75. The zero-order valence-corrected chi connectivity index (χ0v) is 14.7. The maximum absolute atomic E-state index is 13.9. The molecule has 3 aromatic rings. The zero-order valence-electron chi connectivity index (χ0n) is 10.8. The van der Waals surface area contributed by atoms with Gasteiger partial charge in [-0.3, -0.25) is 0 Å². The molecule has 0 aliphatic heterocycles. The van der Waals surface area contributed by atoms with Gasteiger partial charge in [0.25, 0.3) is 0 Å². The van der Waals surface area contributed by atoms with Gasteiger partial charge in [-0.1, -0.05) is 70.0 Å². The molecule has 0 aliphatic rings. The first-order chi connectivity index (χ1) is 10.1. The molecule has 3 rings (SSSR count). The van der Waals surface area contributed by atoms with E-state index in [9.17, 15) is 4.39 Å². The van der Waals surface area contributed by atoms with Gasteiger partial charge in [-0.25, -0.2) is 4.39 Å². The summed E-state index contributed by atoms with van der Waals surface area (Å²) in [6.45, 7) is 0. The third-order valence-corrected chi connectivity index (χ3v) is 5.73. The summed E-state index contributed by atoms with van der Waals surface area (Å²) in [5.41, 5.74) is 1.94. The number of hydrogen-bond acceptors (Lipinski definition) is 0. The minimum Gasteiger partial charge on any atom is -0.206 e. The van der Waals surface area contributed by atoms with Crippen molar-refractivity contribution >= 4 is 54.2 Å². The lowest BCUT2D eigenvalue weighted by Gasteiger charge is -2.16. The van der Waals surface area contributed by atoms with Gasteiger partial charge >= 0.3 is 0 Å². The zero-order chi connectivity index (χ0) is 15.0. The molecule has 0 saturated carbocycles. The second kappa shape index (κ2) is 6.07. The molecule has 0 bridgehead atoms. The average Bonchev–Trinajstić information content (AvgIpc) is 2.50. The smallest absolute Gasteiger partial charge is 0.131 e. The Morgan fingerprint density at radius 2 is 1.57 bits per heavy atom. The van der Waals surface area contributed by atoms with E-state index in [0.29, 0.717) is 10.4 Å². The van der Waals surface area contributed by atoms with Crippen LogP contribution in [0.2, 0.25) is 5.02 Å². The molecule has 0 N–H and O–H groups in total. The predicted molar refractivity (Wildman–Crippen MR) is 93.8 cm³/mol. The first kappa shape index (κ1) is 15.0. The van der Waals surface area contributed by atoms with Crippen molar-refractivity contribution in [3.8, 4) is 0 Å². The van der Waals surface area contributed by atoms with Crippen LogP contribution in [0.15, 0.2) is 59.1 Å². The standard InChI is InChI=1S/C17H10Br2ClF/c18-14-7-3-6-13(17(14)20)16(19)12-8-9-15(21)11-5-2-1-4-10(11)12/h1-9,16H. The monoisotopic (exact) mass is 426 g/mol. The molecular formula is C17H10Br2ClF. The normalized spacial score (nSPS) is 12.6. The fourth-order valence-electron chi connectivity index (χ4n) is 2.39. The van der Waals surface area contributed by atoms with Crippen LogP contribution in [0.1, 0.15) is 16.0 Å². The molecule has 0 aliphatic carbocycles. The van der Waals surface area contributed by atoms with E-state index in [1.165, 1.54) is 6.07 Å². The van der Waals surface area contributed by atoms with Gasteiger partial charge in [-0.2, -0.15) is 0 Å². The van der Waals surface area contributed by atoms with Crippen molar-refractivity contribution in [3.05, 3.63) is 81.0 Å². The van der Waals surface area contributed by atoms with Crippen molar-refractivity contribution in [2.24, 2.45) is 0 Å². The van der Waals surface area contributed by atoms with E-state index in [4.69, 9.17) is 11.6 Å². The summed E-state index contributed by atoms with van der Waals surface area (Å²) in [6, 6.07) is 16.6. The van der Waals surface area contributed by atoms with Crippen molar-refractivity contribution in [1.82, 2.24) is 0 Å². The molecule has 0 saturated heterocycles. The van der Waals surface area contributed by atoms with Gasteiger partial charge in [0.2, 0.25) is 0 Å². The van der Waals surface area contributed by atoms with Crippen LogP contribution in [0.5, 0.6) is 0 Å². The highest BCUT2D eigenvalue weighted by molar-refractivity contribution is 9.10. The van der Waals surface area contributed by atoms with Crippen LogP contribution < -0.4 is 0 Å². The molecule has 0 fully saturated rings. The molecular weight excluding hydrogens is 418 g/mol. The Morgan fingerprint density at radius 1 is 0.857 bits per heavy atom. The fraction of sp³-hybridized carbons (Fsp3) is 0.0588. The van der Waals surface area contributed by atoms with E-state index in [1.807, 2.05) is 36.4 Å². The van der Waals surface area contributed by atoms with Gasteiger partial charge in [0.15, 0.2) is 0 Å². The van der Waals surface area contributed by atoms with Crippen LogP contribution in [-0.4, -0.2) is 0 Å². The van der Waals surface area contributed by atoms with Crippen LogP contribution in [-0.2, 0) is 0 Å². The Balaban J connectivity index is 2.21. The van der Waals surface area contributed by atoms with Gasteiger partial charge in [0.1, 0.15) is 5.82 Å². The summed E-state index contributed by atoms with van der Waals surface area (Å²) in [5, 5.41) is 2.16. The average molecular weight is 429 g/mol. The van der Waals surface area contributed by atoms with E-state index in [-0.39, 0.29) is 10.6 Å². The van der Waals surface area contributed by atoms with Crippen LogP contribution in [0.4, 0.5) is 4.39 Å². The highest BCUT2D eigenvalue weighted by Crippen LogP contribution is 2.41. The van der Waals surface area contributed by atoms with Crippen LogP contribution >= 0.6 is 43.5 Å². The van der Waals surface area contributed by atoms with E-state index < -0.39 is 0 Å². The number of hydrogen-bond donors (Lipinski definition) is 0. The largest absolute Gasteiger partial charge is 0.206 e. The third-order valence-electron chi connectivity index (χ3n) is 3.43. The number of benzene rings is 3. The Bertz CT molecular complexity index is 817. The molecule has 4 heteroatoms. The Hall–Kier alpha value is -0.900. The first-order valence-electron chi connectivity index (χ1n) is 6.34. The van der Waals surface area contributed by atoms with Crippen LogP contribution in [0, 0.1) is 5.82 Å². The van der Waals surface area contributed by atoms with Crippen LogP contribution in [0.25, 0.3) is 10.8 Å². The van der Waals surface area contributed by atoms with Gasteiger partial charge in [0, 0.05) is 9.86 Å². The van der Waals surface area contributed by atoms with Gasteiger partial charge in [-0.05, 0) is 44.6 Å². The topological polar surface area (TPSA) is 0 Å². The molecule has 106 valence electrons. The quantitative estimate of drug-likeness (QED) is 0.390. The molecule has 1 atom stereocenters. The lowest BCUT2D eigenvalue weighted by Crippen LogP contribution is -1.96. The maximum Gasteiger partial charge on any atom is 0.131 e. The van der Waals surface area contributed by atoms with Crippen molar-refractivity contribution in [2.75, 3.05) is 0 Å². The van der Waals surface area contributed by atoms with E-state index in [2.05, 4.69) is 31.9 Å². The van der Waals surface area contributed by atoms with E-state index >= 15 is 0 Å². The Kier molecular flexibility index (Phi) is 4.34. The number of fused-ring (bicyclic) bond motifs is 1. The van der Waals surface area contributed by atoms with Crippen molar-refractivity contribution < 1.29 is 4.39 Å². The summed E-state index contributed by atoms with van der Waals surface area (Å²) in [4.78, 5) is -0.104. The summed E-state index contributed by atoms with van der Waals surface area (Å²) >= 11 is 13.5. The van der Waals surface area contributed by atoms with Crippen molar-refractivity contribution in [2.45, 2.75) is 4.83 Å². The molecule has 0 amide bonds. The second-order valence-corrected chi connectivity index (χ2v) is 6.84. The number of halogens is 4. The van der Waals surface area contributed by atoms with Gasteiger partial charge in [0.05, 0.1) is 9.85 Å². The molecule has 0 nitrogen and oxygen atoms in total. The minimum absolute atomic E-state index is 0.104. The molecule has 21 heavy (non-hydrogen) atoms. The molecule has 1 unspecified atom stereocenters. The lowest BCUT2D eigenvalue weighted by molar-refractivity contribution is 0.639. The number of alkyl halides is 1.